The summed E-state index contributed by atoms with van der Waals surface area (Å²) >= 11 is 0. The number of carboxylic acid groups (broad SMARTS) is 1. The number of benzene rings is 1. The van der Waals surface area contributed by atoms with Crippen LogP contribution in [0.1, 0.15) is 43.1 Å². The fourth-order valence-corrected chi connectivity index (χ4v) is 2.10. The molecule has 4 heteroatoms. The molecule has 1 aromatic carbocycles. The minimum absolute atomic E-state index is 0.163. The standard InChI is InChI=1S/C16H22N2O2/c1-16(2,3)12-18(10-4-9-17)11-13-5-7-14(8-6-13)15(19)20/h5-8H,4,10-12H2,1-3H3,(H,19,20). The molecule has 0 heterocycles. The first-order chi connectivity index (χ1) is 9.31. The van der Waals surface area contributed by atoms with Crippen LogP contribution in [0.3, 0.4) is 0 Å². The Balaban J connectivity index is 2.73. The first-order valence-electron chi connectivity index (χ1n) is 6.73. The fourth-order valence-electron chi connectivity index (χ4n) is 2.10. The molecule has 0 bridgehead atoms. The summed E-state index contributed by atoms with van der Waals surface area (Å²) in [5, 5.41) is 17.6. The van der Waals surface area contributed by atoms with Crippen LogP contribution >= 0.6 is 0 Å². The van der Waals surface area contributed by atoms with Crippen LogP contribution in [0, 0.1) is 16.7 Å². The van der Waals surface area contributed by atoms with E-state index in [1.165, 1.54) is 0 Å². The first kappa shape index (κ1) is 16.2. The fraction of sp³-hybridized carbons (Fsp3) is 0.500. The summed E-state index contributed by atoms with van der Waals surface area (Å²) in [4.78, 5) is 13.1. The predicted octanol–water partition coefficient (Wildman–Crippen LogP) is 3.15. The molecular weight excluding hydrogens is 252 g/mol. The number of hydrogen-bond acceptors (Lipinski definition) is 3. The van der Waals surface area contributed by atoms with Crippen LogP contribution in [0.25, 0.3) is 0 Å². The van der Waals surface area contributed by atoms with Crippen LogP contribution in [0.15, 0.2) is 24.3 Å². The maximum Gasteiger partial charge on any atom is 0.335 e. The van der Waals surface area contributed by atoms with Crippen molar-refractivity contribution in [3.8, 4) is 6.07 Å². The molecule has 0 aromatic heterocycles. The molecule has 1 rings (SSSR count). The highest BCUT2D eigenvalue weighted by Gasteiger charge is 2.16. The second-order valence-electron chi connectivity index (χ2n) is 6.18. The molecule has 0 fully saturated rings. The van der Waals surface area contributed by atoms with Crippen LogP contribution in [0.4, 0.5) is 0 Å². The lowest BCUT2D eigenvalue weighted by Gasteiger charge is -2.29. The van der Waals surface area contributed by atoms with E-state index in [1.807, 2.05) is 12.1 Å². The van der Waals surface area contributed by atoms with Gasteiger partial charge in [-0.1, -0.05) is 32.9 Å². The van der Waals surface area contributed by atoms with Crippen molar-refractivity contribution >= 4 is 5.97 Å². The predicted molar refractivity (Wildman–Crippen MR) is 78.4 cm³/mol. The number of carbonyl (C=O) groups is 1. The van der Waals surface area contributed by atoms with E-state index in [0.29, 0.717) is 12.0 Å². The van der Waals surface area contributed by atoms with Crippen molar-refractivity contribution in [3.63, 3.8) is 0 Å². The Kier molecular flexibility index (Phi) is 5.72. The zero-order chi connectivity index (χ0) is 15.2. The normalized spacial score (nSPS) is 11.3. The number of rotatable bonds is 6. The van der Waals surface area contributed by atoms with Gasteiger partial charge < -0.3 is 5.11 Å². The van der Waals surface area contributed by atoms with Gasteiger partial charge in [0.2, 0.25) is 0 Å². The minimum atomic E-state index is -0.910. The second kappa shape index (κ2) is 7.06. The molecular formula is C16H22N2O2. The molecule has 0 saturated carbocycles. The first-order valence-corrected chi connectivity index (χ1v) is 6.73. The van der Waals surface area contributed by atoms with E-state index in [2.05, 4.69) is 31.7 Å². The van der Waals surface area contributed by atoms with Gasteiger partial charge in [-0.05, 0) is 23.1 Å². The molecule has 1 aromatic rings. The zero-order valence-corrected chi connectivity index (χ0v) is 12.4. The number of nitrogens with zero attached hydrogens (tertiary/aromatic N) is 2. The van der Waals surface area contributed by atoms with Gasteiger partial charge in [-0.3, -0.25) is 4.90 Å². The summed E-state index contributed by atoms with van der Waals surface area (Å²) in [6, 6.07) is 9.10. The van der Waals surface area contributed by atoms with Gasteiger partial charge in [0.15, 0.2) is 0 Å². The van der Waals surface area contributed by atoms with Gasteiger partial charge in [-0.15, -0.1) is 0 Å². The smallest absolute Gasteiger partial charge is 0.335 e. The van der Waals surface area contributed by atoms with Crippen LogP contribution in [0.5, 0.6) is 0 Å². The topological polar surface area (TPSA) is 64.3 Å². The molecule has 0 radical (unpaired) electrons. The second-order valence-corrected chi connectivity index (χ2v) is 6.18. The van der Waals surface area contributed by atoms with Crippen molar-refractivity contribution in [3.05, 3.63) is 35.4 Å². The van der Waals surface area contributed by atoms with Gasteiger partial charge in [-0.2, -0.15) is 5.26 Å². The van der Waals surface area contributed by atoms with Crippen molar-refractivity contribution in [2.24, 2.45) is 5.41 Å². The Morgan fingerprint density at radius 2 is 1.90 bits per heavy atom. The van der Waals surface area contributed by atoms with E-state index in [-0.39, 0.29) is 5.41 Å². The lowest BCUT2D eigenvalue weighted by atomic mass is 9.95. The molecule has 0 saturated heterocycles. The number of nitriles is 1. The lowest BCUT2D eigenvalue weighted by Crippen LogP contribution is -2.33. The molecule has 0 unspecified atom stereocenters. The minimum Gasteiger partial charge on any atom is -0.478 e. The van der Waals surface area contributed by atoms with Gasteiger partial charge in [0, 0.05) is 26.1 Å². The Morgan fingerprint density at radius 3 is 2.35 bits per heavy atom. The quantitative estimate of drug-likeness (QED) is 0.865. The Labute approximate surface area is 120 Å². The van der Waals surface area contributed by atoms with E-state index >= 15 is 0 Å². The Morgan fingerprint density at radius 1 is 1.30 bits per heavy atom. The molecule has 0 atom stereocenters. The molecule has 108 valence electrons. The summed E-state index contributed by atoms with van der Waals surface area (Å²) in [6.07, 6.45) is 0.503. The molecule has 20 heavy (non-hydrogen) atoms. The molecule has 0 amide bonds. The van der Waals surface area contributed by atoms with Crippen LogP contribution in [-0.2, 0) is 6.54 Å². The maximum atomic E-state index is 10.8. The van der Waals surface area contributed by atoms with Crippen molar-refractivity contribution in [1.29, 1.82) is 5.26 Å². The van der Waals surface area contributed by atoms with E-state index in [4.69, 9.17) is 10.4 Å². The number of aromatic carboxylic acids is 1. The molecule has 4 nitrogen and oxygen atoms in total. The molecule has 1 N–H and O–H groups in total. The largest absolute Gasteiger partial charge is 0.478 e. The van der Waals surface area contributed by atoms with Crippen molar-refractivity contribution < 1.29 is 9.90 Å². The van der Waals surface area contributed by atoms with Crippen LogP contribution in [-0.4, -0.2) is 29.1 Å². The van der Waals surface area contributed by atoms with Crippen molar-refractivity contribution in [2.75, 3.05) is 13.1 Å². The maximum absolute atomic E-state index is 10.8. The number of hydrogen-bond donors (Lipinski definition) is 1. The summed E-state index contributed by atoms with van der Waals surface area (Å²) in [5.74, 6) is -0.910. The zero-order valence-electron chi connectivity index (χ0n) is 12.4. The van der Waals surface area contributed by atoms with E-state index in [0.717, 1.165) is 25.2 Å². The highest BCUT2D eigenvalue weighted by molar-refractivity contribution is 5.87. The van der Waals surface area contributed by atoms with E-state index < -0.39 is 5.97 Å². The molecule has 0 spiro atoms. The van der Waals surface area contributed by atoms with Crippen molar-refractivity contribution in [1.82, 2.24) is 4.90 Å². The summed E-state index contributed by atoms with van der Waals surface area (Å²) < 4.78 is 0. The average molecular weight is 274 g/mol. The van der Waals surface area contributed by atoms with E-state index in [1.54, 1.807) is 12.1 Å². The van der Waals surface area contributed by atoms with Gasteiger partial charge in [-0.25, -0.2) is 4.79 Å². The molecule has 0 aliphatic rings. The monoisotopic (exact) mass is 274 g/mol. The van der Waals surface area contributed by atoms with E-state index in [9.17, 15) is 4.79 Å². The molecule has 0 aliphatic heterocycles. The highest BCUT2D eigenvalue weighted by Crippen LogP contribution is 2.17. The summed E-state index contributed by atoms with van der Waals surface area (Å²) in [6.45, 7) is 8.86. The SMILES string of the molecule is CC(C)(C)CN(CCC#N)Cc1ccc(C(=O)O)cc1. The number of carboxylic acids is 1. The summed E-state index contributed by atoms with van der Waals surface area (Å²) in [7, 11) is 0. The third-order valence-corrected chi connectivity index (χ3v) is 2.84. The molecule has 0 aliphatic carbocycles. The Hall–Kier alpha value is -1.86. The van der Waals surface area contributed by atoms with Crippen molar-refractivity contribution in [2.45, 2.75) is 33.7 Å². The lowest BCUT2D eigenvalue weighted by molar-refractivity contribution is 0.0697. The van der Waals surface area contributed by atoms with Gasteiger partial charge in [0.1, 0.15) is 0 Å². The average Bonchev–Trinajstić information content (AvgIpc) is 2.35. The van der Waals surface area contributed by atoms with Crippen LogP contribution in [0.2, 0.25) is 0 Å². The summed E-state index contributed by atoms with van der Waals surface area (Å²) in [5.41, 5.74) is 1.53. The third-order valence-electron chi connectivity index (χ3n) is 2.84. The van der Waals surface area contributed by atoms with Crippen LogP contribution < -0.4 is 0 Å². The Bertz CT molecular complexity index is 481. The highest BCUT2D eigenvalue weighted by atomic mass is 16.4. The third kappa shape index (κ3) is 5.85. The van der Waals surface area contributed by atoms with Gasteiger partial charge >= 0.3 is 5.97 Å². The van der Waals surface area contributed by atoms with Gasteiger partial charge in [0.05, 0.1) is 11.6 Å². The van der Waals surface area contributed by atoms with Gasteiger partial charge in [0.25, 0.3) is 0 Å².